The number of carbonyl (C=O) groups excluding carboxylic acids is 2. The molecule has 2 saturated heterocycles. The lowest BCUT2D eigenvalue weighted by Gasteiger charge is -2.29. The summed E-state index contributed by atoms with van der Waals surface area (Å²) >= 11 is 5.27. The van der Waals surface area contributed by atoms with E-state index in [2.05, 4.69) is 22.3 Å². The Morgan fingerprint density at radius 3 is 2.19 bits per heavy atom. The number of benzene rings is 2. The van der Waals surface area contributed by atoms with E-state index >= 15 is 0 Å². The second kappa shape index (κ2) is 9.96. The van der Waals surface area contributed by atoms with Crippen molar-refractivity contribution in [1.82, 2.24) is 5.32 Å². The Balaban J connectivity index is 1.55. The Kier molecular flexibility index (Phi) is 6.85. The fourth-order valence-corrected chi connectivity index (χ4v) is 4.31. The van der Waals surface area contributed by atoms with Crippen LogP contribution in [0.25, 0.3) is 6.08 Å². The second-order valence-corrected chi connectivity index (χ2v) is 8.26. The van der Waals surface area contributed by atoms with Crippen LogP contribution < -0.4 is 19.9 Å². The topological polar surface area (TPSA) is 61.9 Å². The average molecular weight is 450 g/mol. The van der Waals surface area contributed by atoms with Crippen LogP contribution in [0.1, 0.15) is 38.2 Å². The normalized spacial score (nSPS) is 18.5. The Bertz CT molecular complexity index is 1020. The van der Waals surface area contributed by atoms with Gasteiger partial charge in [0.15, 0.2) is 5.11 Å². The van der Waals surface area contributed by atoms with E-state index in [4.69, 9.17) is 17.0 Å². The van der Waals surface area contributed by atoms with Crippen molar-refractivity contribution in [2.24, 2.45) is 0 Å². The van der Waals surface area contributed by atoms with E-state index in [1.807, 2.05) is 19.1 Å². The quantitative estimate of drug-likeness (QED) is 0.419. The van der Waals surface area contributed by atoms with E-state index in [0.29, 0.717) is 18.0 Å². The number of hydrogen-bond donors (Lipinski definition) is 1. The van der Waals surface area contributed by atoms with Crippen molar-refractivity contribution < 1.29 is 14.3 Å². The first-order chi connectivity index (χ1) is 15.6. The summed E-state index contributed by atoms with van der Waals surface area (Å²) in [6.07, 6.45) is 6.60. The lowest BCUT2D eigenvalue weighted by Crippen LogP contribution is -2.54. The van der Waals surface area contributed by atoms with Crippen LogP contribution in [0.15, 0.2) is 54.1 Å². The lowest BCUT2D eigenvalue weighted by molar-refractivity contribution is -0.122. The molecular weight excluding hydrogens is 422 g/mol. The second-order valence-electron chi connectivity index (χ2n) is 7.88. The van der Waals surface area contributed by atoms with E-state index in [1.54, 1.807) is 30.3 Å². The largest absolute Gasteiger partial charge is 0.494 e. The average Bonchev–Trinajstić information content (AvgIpc) is 3.08. The van der Waals surface area contributed by atoms with E-state index in [1.165, 1.54) is 36.3 Å². The van der Waals surface area contributed by atoms with Gasteiger partial charge in [0, 0.05) is 18.8 Å². The molecule has 2 aromatic carbocycles. The monoisotopic (exact) mass is 449 g/mol. The summed E-state index contributed by atoms with van der Waals surface area (Å²) in [4.78, 5) is 29.5. The van der Waals surface area contributed by atoms with Crippen molar-refractivity contribution in [1.29, 1.82) is 0 Å². The number of thiocarbonyl (C=S) groups is 1. The summed E-state index contributed by atoms with van der Waals surface area (Å²) in [7, 11) is 0. The number of nitrogens with one attached hydrogen (secondary N) is 1. The molecule has 2 heterocycles. The van der Waals surface area contributed by atoms with Gasteiger partial charge in [-0.3, -0.25) is 19.8 Å². The number of anilines is 2. The molecule has 2 aromatic rings. The predicted molar refractivity (Wildman–Crippen MR) is 131 cm³/mol. The molecule has 7 heteroatoms. The third kappa shape index (κ3) is 4.83. The molecule has 2 aliphatic rings. The predicted octanol–water partition coefficient (Wildman–Crippen LogP) is 4.30. The van der Waals surface area contributed by atoms with Gasteiger partial charge in [0.05, 0.1) is 12.3 Å². The number of nitrogens with zero attached hydrogens (tertiary/aromatic N) is 2. The highest BCUT2D eigenvalue weighted by Crippen LogP contribution is 2.25. The maximum Gasteiger partial charge on any atom is 0.270 e. The molecule has 0 aromatic heterocycles. The zero-order valence-corrected chi connectivity index (χ0v) is 19.0. The highest BCUT2D eigenvalue weighted by atomic mass is 32.1. The van der Waals surface area contributed by atoms with E-state index in [0.717, 1.165) is 18.7 Å². The van der Waals surface area contributed by atoms with Crippen LogP contribution in [-0.4, -0.2) is 36.6 Å². The van der Waals surface area contributed by atoms with Crippen molar-refractivity contribution in [2.75, 3.05) is 29.5 Å². The summed E-state index contributed by atoms with van der Waals surface area (Å²) < 4.78 is 5.46. The maximum atomic E-state index is 13.2. The van der Waals surface area contributed by atoms with Crippen LogP contribution in [0.4, 0.5) is 11.4 Å². The summed E-state index contributed by atoms with van der Waals surface area (Å²) in [6.45, 7) is 4.59. The first kappa shape index (κ1) is 22.0. The molecular formula is C25H27N3O3S. The van der Waals surface area contributed by atoms with Gasteiger partial charge in [-0.2, -0.15) is 0 Å². The lowest BCUT2D eigenvalue weighted by atomic mass is 10.1. The molecule has 0 atom stereocenters. The SMILES string of the molecule is CCOc1ccc(N2C(=O)/C(=C\c3ccc(N4CCCCCC4)cc3)C(=O)NC2=S)cc1. The Hall–Kier alpha value is -3.19. The number of amides is 2. The van der Waals surface area contributed by atoms with Gasteiger partial charge in [0.25, 0.3) is 11.8 Å². The minimum absolute atomic E-state index is 0.0509. The van der Waals surface area contributed by atoms with Crippen molar-refractivity contribution in [3.05, 3.63) is 59.7 Å². The van der Waals surface area contributed by atoms with E-state index in [9.17, 15) is 9.59 Å². The highest BCUT2D eigenvalue weighted by molar-refractivity contribution is 7.80. The molecule has 32 heavy (non-hydrogen) atoms. The zero-order valence-electron chi connectivity index (χ0n) is 18.2. The van der Waals surface area contributed by atoms with Gasteiger partial charge in [-0.05, 0) is 80.0 Å². The zero-order chi connectivity index (χ0) is 22.5. The molecule has 2 aliphatic heterocycles. The van der Waals surface area contributed by atoms with Gasteiger partial charge in [-0.25, -0.2) is 0 Å². The molecule has 166 valence electrons. The van der Waals surface area contributed by atoms with Gasteiger partial charge >= 0.3 is 0 Å². The standard InChI is InChI=1S/C25H27N3O3S/c1-2-31-21-13-11-20(12-14-21)28-24(30)22(23(29)26-25(28)32)17-18-7-9-19(10-8-18)27-15-5-3-4-6-16-27/h7-14,17H,2-6,15-16H2,1H3,(H,26,29,32)/b22-17-. The first-order valence-corrected chi connectivity index (χ1v) is 11.5. The van der Waals surface area contributed by atoms with Crippen molar-refractivity contribution in [3.8, 4) is 5.75 Å². The van der Waals surface area contributed by atoms with Crippen molar-refractivity contribution in [2.45, 2.75) is 32.6 Å². The van der Waals surface area contributed by atoms with Crippen LogP contribution in [0.5, 0.6) is 5.75 Å². The molecule has 0 bridgehead atoms. The number of carbonyl (C=O) groups is 2. The molecule has 6 nitrogen and oxygen atoms in total. The molecule has 2 fully saturated rings. The van der Waals surface area contributed by atoms with Crippen molar-refractivity contribution >= 4 is 46.6 Å². The Morgan fingerprint density at radius 2 is 1.56 bits per heavy atom. The van der Waals surface area contributed by atoms with Crippen LogP contribution in [0.2, 0.25) is 0 Å². The molecule has 0 saturated carbocycles. The summed E-state index contributed by atoms with van der Waals surface area (Å²) in [5, 5.41) is 2.70. The third-order valence-electron chi connectivity index (χ3n) is 5.68. The Labute approximate surface area is 193 Å². The van der Waals surface area contributed by atoms with Gasteiger partial charge in [0.1, 0.15) is 11.3 Å². The van der Waals surface area contributed by atoms with Crippen molar-refractivity contribution in [3.63, 3.8) is 0 Å². The fourth-order valence-electron chi connectivity index (χ4n) is 4.03. The summed E-state index contributed by atoms with van der Waals surface area (Å²) in [5.41, 5.74) is 2.59. The number of rotatable bonds is 5. The molecule has 0 radical (unpaired) electrons. The maximum absolute atomic E-state index is 13.2. The van der Waals surface area contributed by atoms with Gasteiger partial charge in [-0.15, -0.1) is 0 Å². The van der Waals surface area contributed by atoms with Crippen LogP contribution in [-0.2, 0) is 9.59 Å². The molecule has 0 aliphatic carbocycles. The van der Waals surface area contributed by atoms with E-state index in [-0.39, 0.29) is 10.7 Å². The first-order valence-electron chi connectivity index (χ1n) is 11.1. The molecule has 1 N–H and O–H groups in total. The molecule has 0 unspecified atom stereocenters. The van der Waals surface area contributed by atoms with E-state index < -0.39 is 11.8 Å². The van der Waals surface area contributed by atoms with Gasteiger partial charge < -0.3 is 9.64 Å². The highest BCUT2D eigenvalue weighted by Gasteiger charge is 2.34. The van der Waals surface area contributed by atoms with Crippen LogP contribution in [0.3, 0.4) is 0 Å². The van der Waals surface area contributed by atoms with Crippen LogP contribution >= 0.6 is 12.2 Å². The molecule has 0 spiro atoms. The number of ether oxygens (including phenoxy) is 1. The number of hydrogen-bond acceptors (Lipinski definition) is 5. The summed E-state index contributed by atoms with van der Waals surface area (Å²) in [6, 6.07) is 15.0. The smallest absolute Gasteiger partial charge is 0.270 e. The van der Waals surface area contributed by atoms with Gasteiger partial charge in [-0.1, -0.05) is 25.0 Å². The third-order valence-corrected chi connectivity index (χ3v) is 5.97. The minimum atomic E-state index is -0.487. The van der Waals surface area contributed by atoms with Crippen LogP contribution in [0, 0.1) is 0 Å². The molecule has 4 rings (SSSR count). The summed E-state index contributed by atoms with van der Waals surface area (Å²) in [5.74, 6) is -0.228. The Morgan fingerprint density at radius 1 is 0.938 bits per heavy atom. The molecule has 2 amide bonds. The minimum Gasteiger partial charge on any atom is -0.494 e. The van der Waals surface area contributed by atoms with Gasteiger partial charge in [0.2, 0.25) is 0 Å². The fraction of sp³-hybridized carbons (Fsp3) is 0.320.